The monoisotopic (exact) mass is 518 g/mol. The maximum atomic E-state index is 14.4. The predicted molar refractivity (Wildman–Crippen MR) is 136 cm³/mol. The van der Waals surface area contributed by atoms with E-state index < -0.39 is 19.6 Å². The maximum absolute atomic E-state index is 14.4. The molecule has 4 rings (SSSR count). The highest BCUT2D eigenvalue weighted by molar-refractivity contribution is 7.92. The first kappa shape index (κ1) is 24.3. The fourth-order valence-corrected chi connectivity index (χ4v) is 7.14. The molecule has 0 radical (unpaired) electrons. The molecular formula is C26H18Cl2F3NOP+. The van der Waals surface area contributed by atoms with E-state index in [-0.39, 0.29) is 15.7 Å². The van der Waals surface area contributed by atoms with E-state index in [0.717, 1.165) is 0 Å². The Labute approximate surface area is 206 Å². The van der Waals surface area contributed by atoms with Crippen LogP contribution in [0.1, 0.15) is 0 Å². The molecule has 172 valence electrons. The standard InChI is InChI=1S/C26H18Cl2F3NOP/c27-23-17-16-19(18-24(23)28)32-25(26(29,30)31)33-34(20-10-4-1-5-11-20,21-12-6-2-7-13-21)22-14-8-3-9-15-22/h1-18H/q+1. The first-order chi connectivity index (χ1) is 16.3. The van der Waals surface area contributed by atoms with Crippen LogP contribution in [0.5, 0.6) is 0 Å². The highest BCUT2D eigenvalue weighted by Gasteiger charge is 2.55. The molecule has 0 aromatic heterocycles. The van der Waals surface area contributed by atoms with Crippen molar-refractivity contribution in [1.82, 2.24) is 0 Å². The fourth-order valence-electron chi connectivity index (χ4n) is 3.46. The van der Waals surface area contributed by atoms with Crippen LogP contribution in [0.25, 0.3) is 0 Å². The van der Waals surface area contributed by atoms with Crippen LogP contribution in [0.2, 0.25) is 10.0 Å². The van der Waals surface area contributed by atoms with Gasteiger partial charge in [-0.05, 0) is 54.6 Å². The van der Waals surface area contributed by atoms with Crippen molar-refractivity contribution in [3.05, 3.63) is 119 Å². The molecule has 4 aromatic rings. The molecule has 2 nitrogen and oxygen atoms in total. The van der Waals surface area contributed by atoms with Crippen LogP contribution in [0, 0.1) is 0 Å². The average molecular weight is 519 g/mol. The third kappa shape index (κ3) is 5.12. The molecule has 0 aliphatic heterocycles. The van der Waals surface area contributed by atoms with E-state index >= 15 is 0 Å². The maximum Gasteiger partial charge on any atom is 0.473 e. The van der Waals surface area contributed by atoms with Crippen LogP contribution < -0.4 is 15.9 Å². The summed E-state index contributed by atoms with van der Waals surface area (Å²) in [7, 11) is -3.27. The SMILES string of the molecule is FC(F)(F)C(=Nc1ccc(Cl)c(Cl)c1)O[P+](c1ccccc1)(c1ccccc1)c1ccccc1. The summed E-state index contributed by atoms with van der Waals surface area (Å²) in [5, 5.41) is 2.19. The number of aliphatic imine (C=N–C) groups is 1. The van der Waals surface area contributed by atoms with Crippen molar-refractivity contribution >= 4 is 58.2 Å². The topological polar surface area (TPSA) is 21.6 Å². The van der Waals surface area contributed by atoms with E-state index in [9.17, 15) is 13.2 Å². The third-order valence-corrected chi connectivity index (χ3v) is 9.22. The Morgan fingerprint density at radius 1 is 0.647 bits per heavy atom. The van der Waals surface area contributed by atoms with E-state index in [0.29, 0.717) is 15.9 Å². The number of hydrogen-bond donors (Lipinski definition) is 0. The van der Waals surface area contributed by atoms with Crippen LogP contribution in [-0.2, 0) is 4.52 Å². The van der Waals surface area contributed by atoms with Crippen molar-refractivity contribution in [3.8, 4) is 0 Å². The van der Waals surface area contributed by atoms with Gasteiger partial charge in [0.25, 0.3) is 7.49 Å². The summed E-state index contributed by atoms with van der Waals surface area (Å²) in [5.74, 6) is -1.37. The molecule has 8 heteroatoms. The molecule has 4 aromatic carbocycles. The first-order valence-corrected chi connectivity index (χ1v) is 12.6. The Morgan fingerprint density at radius 3 is 1.47 bits per heavy atom. The van der Waals surface area contributed by atoms with Crippen molar-refractivity contribution in [1.29, 1.82) is 0 Å². The lowest BCUT2D eigenvalue weighted by molar-refractivity contribution is -0.0703. The second-order valence-corrected chi connectivity index (χ2v) is 11.0. The highest BCUT2D eigenvalue weighted by Crippen LogP contribution is 2.57. The molecule has 0 unspecified atom stereocenters. The van der Waals surface area contributed by atoms with Gasteiger partial charge in [0.1, 0.15) is 15.9 Å². The molecule has 0 saturated carbocycles. The van der Waals surface area contributed by atoms with Gasteiger partial charge < -0.3 is 4.52 Å². The van der Waals surface area contributed by atoms with Crippen LogP contribution in [0.15, 0.2) is 114 Å². The highest BCUT2D eigenvalue weighted by atomic mass is 35.5. The number of benzene rings is 4. The van der Waals surface area contributed by atoms with Gasteiger partial charge in [0, 0.05) is 0 Å². The van der Waals surface area contributed by atoms with E-state index in [1.54, 1.807) is 72.8 Å². The van der Waals surface area contributed by atoms with Gasteiger partial charge in [-0.3, -0.25) is 0 Å². The van der Waals surface area contributed by atoms with Gasteiger partial charge in [-0.15, -0.1) is 0 Å². The summed E-state index contributed by atoms with van der Waals surface area (Å²) in [4.78, 5) is 3.85. The summed E-state index contributed by atoms with van der Waals surface area (Å²) in [6.07, 6.45) is -4.87. The predicted octanol–water partition coefficient (Wildman–Crippen LogP) is 7.51. The zero-order chi connectivity index (χ0) is 24.2. The molecule has 0 heterocycles. The molecule has 0 atom stereocenters. The van der Waals surface area contributed by atoms with Gasteiger partial charge in [-0.25, -0.2) is 4.99 Å². The minimum atomic E-state index is -4.87. The number of rotatable bonds is 5. The summed E-state index contributed by atoms with van der Waals surface area (Å²) in [5.41, 5.74) is -0.0194. The molecule has 0 N–H and O–H groups in total. The van der Waals surface area contributed by atoms with E-state index in [4.69, 9.17) is 27.7 Å². The number of halogens is 5. The van der Waals surface area contributed by atoms with Crippen LogP contribution >= 0.6 is 30.7 Å². The van der Waals surface area contributed by atoms with E-state index in [1.807, 2.05) is 18.2 Å². The molecule has 0 saturated heterocycles. The Bertz CT molecular complexity index is 1190. The van der Waals surface area contributed by atoms with Crippen LogP contribution in [0.3, 0.4) is 0 Å². The molecule has 0 amide bonds. The molecular weight excluding hydrogens is 501 g/mol. The Morgan fingerprint density at radius 2 is 1.09 bits per heavy atom. The third-order valence-electron chi connectivity index (χ3n) is 4.96. The molecule has 0 spiro atoms. The average Bonchev–Trinajstić information content (AvgIpc) is 2.85. The van der Waals surface area contributed by atoms with E-state index in [1.165, 1.54) is 18.2 Å². The Balaban J connectivity index is 1.99. The van der Waals surface area contributed by atoms with Crippen molar-refractivity contribution in [2.45, 2.75) is 6.18 Å². The van der Waals surface area contributed by atoms with Crippen LogP contribution in [-0.4, -0.2) is 12.1 Å². The minimum absolute atomic E-state index is 0.0194. The molecule has 34 heavy (non-hydrogen) atoms. The van der Waals surface area contributed by atoms with Gasteiger partial charge in [-0.2, -0.15) is 13.2 Å². The number of nitrogens with zero attached hydrogens (tertiary/aromatic N) is 1. The van der Waals surface area contributed by atoms with Crippen molar-refractivity contribution in [2.24, 2.45) is 4.99 Å². The van der Waals surface area contributed by atoms with E-state index in [2.05, 4.69) is 4.99 Å². The van der Waals surface area contributed by atoms with Crippen LogP contribution in [0.4, 0.5) is 18.9 Å². The summed E-state index contributed by atoms with van der Waals surface area (Å²) < 4.78 is 49.2. The number of alkyl halides is 3. The van der Waals surface area contributed by atoms with Gasteiger partial charge in [0.15, 0.2) is 0 Å². The summed E-state index contributed by atoms with van der Waals surface area (Å²) in [6, 6.07) is 30.8. The summed E-state index contributed by atoms with van der Waals surface area (Å²) in [6.45, 7) is 0. The zero-order valence-corrected chi connectivity index (χ0v) is 20.0. The summed E-state index contributed by atoms with van der Waals surface area (Å²) >= 11 is 11.9. The largest absolute Gasteiger partial charge is 0.473 e. The second kappa shape index (κ2) is 10.2. The van der Waals surface area contributed by atoms with Crippen molar-refractivity contribution < 1.29 is 17.7 Å². The normalized spacial score (nSPS) is 12.4. The lowest BCUT2D eigenvalue weighted by Gasteiger charge is -2.27. The lowest BCUT2D eigenvalue weighted by Crippen LogP contribution is -2.38. The smallest absolute Gasteiger partial charge is 0.309 e. The van der Waals surface area contributed by atoms with Crippen molar-refractivity contribution in [3.63, 3.8) is 0 Å². The van der Waals surface area contributed by atoms with Gasteiger partial charge in [-0.1, -0.05) is 77.8 Å². The zero-order valence-electron chi connectivity index (χ0n) is 17.6. The number of hydrogen-bond acceptors (Lipinski definition) is 2. The minimum Gasteiger partial charge on any atom is -0.309 e. The molecule has 0 aliphatic carbocycles. The quantitative estimate of drug-likeness (QED) is 0.152. The second-order valence-electron chi connectivity index (χ2n) is 7.22. The van der Waals surface area contributed by atoms with Gasteiger partial charge in [0.2, 0.25) is 0 Å². The van der Waals surface area contributed by atoms with Crippen molar-refractivity contribution in [2.75, 3.05) is 0 Å². The Hall–Kier alpha value is -2.85. The first-order valence-electron chi connectivity index (χ1n) is 10.2. The molecule has 0 fully saturated rings. The molecule has 0 aliphatic rings. The van der Waals surface area contributed by atoms with Gasteiger partial charge >= 0.3 is 12.1 Å². The lowest BCUT2D eigenvalue weighted by atomic mass is 10.3. The van der Waals surface area contributed by atoms with Gasteiger partial charge in [0.05, 0.1) is 15.7 Å². The fraction of sp³-hybridized carbons (Fsp3) is 0.0385. The molecule has 0 bridgehead atoms. The Kier molecular flexibility index (Phi) is 7.27.